The Morgan fingerprint density at radius 1 is 1.50 bits per heavy atom. The lowest BCUT2D eigenvalue weighted by Gasteiger charge is -2.30. The molecule has 0 bridgehead atoms. The van der Waals surface area contributed by atoms with E-state index in [1.807, 2.05) is 20.8 Å². The van der Waals surface area contributed by atoms with Gasteiger partial charge >= 0.3 is 0 Å². The minimum Gasteiger partial charge on any atom is -0.390 e. The molecular weight excluding hydrogens is 156 g/mol. The Bertz CT molecular complexity index is 165. The molecule has 0 aromatic carbocycles. The minimum absolute atomic E-state index is 0.480. The summed E-state index contributed by atoms with van der Waals surface area (Å²) >= 11 is 0. The number of hydrogen-bond donors (Lipinski definition) is 1. The summed E-state index contributed by atoms with van der Waals surface area (Å²) in [5.74, 6) is -0.549. The first-order chi connectivity index (χ1) is 5.42. The summed E-state index contributed by atoms with van der Waals surface area (Å²) in [5.41, 5.74) is -0.497. The van der Waals surface area contributed by atoms with Crippen molar-refractivity contribution in [1.82, 2.24) is 0 Å². The van der Waals surface area contributed by atoms with Crippen LogP contribution in [-0.2, 0) is 9.47 Å². The van der Waals surface area contributed by atoms with Crippen LogP contribution in [0.3, 0.4) is 0 Å². The van der Waals surface area contributed by atoms with Crippen molar-refractivity contribution < 1.29 is 14.6 Å². The van der Waals surface area contributed by atoms with Crippen LogP contribution in [0.2, 0.25) is 0 Å². The van der Waals surface area contributed by atoms with Crippen molar-refractivity contribution in [2.75, 3.05) is 6.61 Å². The summed E-state index contributed by atoms with van der Waals surface area (Å²) in [6.07, 6.45) is 0.290. The number of rotatable bonds is 2. The first-order valence-electron chi connectivity index (χ1n) is 4.44. The van der Waals surface area contributed by atoms with Gasteiger partial charge in [0.25, 0.3) is 0 Å². The maximum atomic E-state index is 9.53. The molecule has 3 heteroatoms. The second-order valence-corrected chi connectivity index (χ2v) is 3.88. The van der Waals surface area contributed by atoms with Crippen molar-refractivity contribution in [1.29, 1.82) is 0 Å². The van der Waals surface area contributed by atoms with E-state index in [0.717, 1.165) is 6.42 Å². The van der Waals surface area contributed by atoms with Gasteiger partial charge in [-0.25, -0.2) is 0 Å². The largest absolute Gasteiger partial charge is 0.390 e. The zero-order valence-electron chi connectivity index (χ0n) is 8.26. The number of ether oxygens (including phenoxy) is 2. The highest BCUT2D eigenvalue weighted by molar-refractivity contribution is 4.91. The predicted octanol–water partition coefficient (Wildman–Crippen LogP) is 1.30. The number of aliphatic hydroxyl groups is 1. The van der Waals surface area contributed by atoms with E-state index in [1.165, 1.54) is 0 Å². The Morgan fingerprint density at radius 3 is 2.25 bits per heavy atom. The molecule has 0 spiro atoms. The molecule has 0 unspecified atom stereocenters. The fourth-order valence-electron chi connectivity index (χ4n) is 1.52. The van der Waals surface area contributed by atoms with Gasteiger partial charge in [0.05, 0.1) is 12.7 Å². The van der Waals surface area contributed by atoms with E-state index < -0.39 is 17.5 Å². The molecular formula is C9H18O3. The van der Waals surface area contributed by atoms with E-state index in [1.54, 1.807) is 6.92 Å². The summed E-state index contributed by atoms with van der Waals surface area (Å²) in [7, 11) is 0. The van der Waals surface area contributed by atoms with Crippen molar-refractivity contribution >= 4 is 0 Å². The Morgan fingerprint density at radius 2 is 2.08 bits per heavy atom. The monoisotopic (exact) mass is 174 g/mol. The van der Waals surface area contributed by atoms with Crippen molar-refractivity contribution in [2.24, 2.45) is 0 Å². The van der Waals surface area contributed by atoms with E-state index in [4.69, 9.17) is 9.47 Å². The average Bonchev–Trinajstić information content (AvgIpc) is 2.27. The lowest BCUT2D eigenvalue weighted by atomic mass is 9.96. The van der Waals surface area contributed by atoms with Gasteiger partial charge in [-0.05, 0) is 27.2 Å². The molecule has 1 N–H and O–H groups in total. The first kappa shape index (κ1) is 9.96. The maximum absolute atomic E-state index is 9.53. The van der Waals surface area contributed by atoms with Gasteiger partial charge in [-0.2, -0.15) is 0 Å². The fourth-order valence-corrected chi connectivity index (χ4v) is 1.52. The second-order valence-electron chi connectivity index (χ2n) is 3.88. The first-order valence-corrected chi connectivity index (χ1v) is 4.44. The van der Waals surface area contributed by atoms with Gasteiger partial charge < -0.3 is 14.6 Å². The molecule has 1 aliphatic heterocycles. The summed E-state index contributed by atoms with van der Waals surface area (Å²) in [6.45, 7) is 7.96. The van der Waals surface area contributed by atoms with Gasteiger partial charge in [-0.3, -0.25) is 0 Å². The van der Waals surface area contributed by atoms with Gasteiger partial charge in [-0.15, -0.1) is 0 Å². The third-order valence-corrected chi connectivity index (χ3v) is 2.47. The van der Waals surface area contributed by atoms with E-state index in [9.17, 15) is 5.11 Å². The fraction of sp³-hybridized carbons (Fsp3) is 1.00. The van der Waals surface area contributed by atoms with E-state index >= 15 is 0 Å². The molecule has 1 heterocycles. The summed E-state index contributed by atoms with van der Waals surface area (Å²) in [4.78, 5) is 0. The smallest absolute Gasteiger partial charge is 0.163 e. The highest BCUT2D eigenvalue weighted by Crippen LogP contribution is 2.35. The second kappa shape index (κ2) is 2.98. The highest BCUT2D eigenvalue weighted by atomic mass is 16.8. The zero-order chi connectivity index (χ0) is 9.41. The van der Waals surface area contributed by atoms with Crippen LogP contribution in [0.4, 0.5) is 0 Å². The number of hydrogen-bond acceptors (Lipinski definition) is 3. The third kappa shape index (κ3) is 1.63. The van der Waals surface area contributed by atoms with E-state index in [2.05, 4.69) is 0 Å². The Labute approximate surface area is 73.7 Å². The molecule has 12 heavy (non-hydrogen) atoms. The standard InChI is InChI=1S/C9H18O3/c1-5-9(7(2)10)6-11-8(3,4)12-9/h7,10H,5-6H2,1-4H3/t7-,9-/m1/s1. The number of aliphatic hydroxyl groups excluding tert-OH is 1. The molecule has 1 aliphatic rings. The van der Waals surface area contributed by atoms with Gasteiger partial charge in [0.15, 0.2) is 5.79 Å². The molecule has 0 aromatic heterocycles. The molecule has 3 nitrogen and oxygen atoms in total. The average molecular weight is 174 g/mol. The Balaban J connectivity index is 2.73. The maximum Gasteiger partial charge on any atom is 0.163 e. The van der Waals surface area contributed by atoms with Crippen LogP contribution in [0.5, 0.6) is 0 Å². The molecule has 0 aromatic rings. The lowest BCUT2D eigenvalue weighted by Crippen LogP contribution is -2.43. The summed E-state index contributed by atoms with van der Waals surface area (Å²) < 4.78 is 11.1. The van der Waals surface area contributed by atoms with Crippen molar-refractivity contribution in [3.63, 3.8) is 0 Å². The van der Waals surface area contributed by atoms with Gasteiger partial charge in [0.1, 0.15) is 5.60 Å². The van der Waals surface area contributed by atoms with Crippen LogP contribution in [0.15, 0.2) is 0 Å². The molecule has 0 radical (unpaired) electrons. The molecule has 0 aliphatic carbocycles. The van der Waals surface area contributed by atoms with Gasteiger partial charge in [0.2, 0.25) is 0 Å². The molecule has 0 amide bonds. The molecule has 2 atom stereocenters. The minimum atomic E-state index is -0.549. The molecule has 1 saturated heterocycles. The normalized spacial score (nSPS) is 36.8. The predicted molar refractivity (Wildman–Crippen MR) is 45.8 cm³/mol. The van der Waals surface area contributed by atoms with Crippen molar-refractivity contribution in [3.05, 3.63) is 0 Å². The van der Waals surface area contributed by atoms with Gasteiger partial charge in [0, 0.05) is 0 Å². The van der Waals surface area contributed by atoms with E-state index in [-0.39, 0.29) is 0 Å². The summed E-state index contributed by atoms with van der Waals surface area (Å²) in [6, 6.07) is 0. The third-order valence-electron chi connectivity index (χ3n) is 2.47. The summed E-state index contributed by atoms with van der Waals surface area (Å²) in [5, 5.41) is 9.53. The Hall–Kier alpha value is -0.120. The van der Waals surface area contributed by atoms with E-state index in [0.29, 0.717) is 6.61 Å². The van der Waals surface area contributed by atoms with Crippen LogP contribution >= 0.6 is 0 Å². The van der Waals surface area contributed by atoms with Crippen LogP contribution in [-0.4, -0.2) is 29.2 Å². The highest BCUT2D eigenvalue weighted by Gasteiger charge is 2.47. The quantitative estimate of drug-likeness (QED) is 0.685. The molecule has 72 valence electrons. The Kier molecular flexibility index (Phi) is 2.47. The molecule has 1 fully saturated rings. The lowest BCUT2D eigenvalue weighted by molar-refractivity contribution is -0.182. The van der Waals surface area contributed by atoms with Crippen molar-refractivity contribution in [3.8, 4) is 0 Å². The van der Waals surface area contributed by atoms with Crippen LogP contribution < -0.4 is 0 Å². The SMILES string of the molecule is CC[C@]1([C@@H](C)O)COC(C)(C)O1. The van der Waals surface area contributed by atoms with Crippen molar-refractivity contribution in [2.45, 2.75) is 51.6 Å². The molecule has 0 saturated carbocycles. The van der Waals surface area contributed by atoms with Gasteiger partial charge in [-0.1, -0.05) is 6.92 Å². The van der Waals surface area contributed by atoms with Crippen LogP contribution in [0, 0.1) is 0 Å². The topological polar surface area (TPSA) is 38.7 Å². The zero-order valence-corrected chi connectivity index (χ0v) is 8.26. The molecule has 1 rings (SSSR count). The van der Waals surface area contributed by atoms with Crippen LogP contribution in [0.1, 0.15) is 34.1 Å². The van der Waals surface area contributed by atoms with Crippen LogP contribution in [0.25, 0.3) is 0 Å².